The number of pyridine rings is 1. The summed E-state index contributed by atoms with van der Waals surface area (Å²) in [5.74, 6) is 0.464. The fourth-order valence-corrected chi connectivity index (χ4v) is 1.05. The second-order valence-corrected chi connectivity index (χ2v) is 3.02. The molecule has 0 radical (unpaired) electrons. The van der Waals surface area contributed by atoms with Gasteiger partial charge >= 0.3 is 0 Å². The monoisotopic (exact) mass is 204 g/mol. The van der Waals surface area contributed by atoms with Gasteiger partial charge in [0.25, 0.3) is 0 Å². The first-order chi connectivity index (χ1) is 7.17. The second kappa shape index (κ2) is 4.96. The molecule has 78 valence electrons. The molecule has 1 heterocycles. The molecule has 0 aliphatic carbocycles. The van der Waals surface area contributed by atoms with Crippen LogP contribution in [-0.2, 0) is 4.79 Å². The van der Waals surface area contributed by atoms with Crippen molar-refractivity contribution < 1.29 is 4.79 Å². The van der Waals surface area contributed by atoms with Gasteiger partial charge in [0.15, 0.2) is 0 Å². The summed E-state index contributed by atoms with van der Waals surface area (Å²) in [4.78, 5) is 15.2. The summed E-state index contributed by atoms with van der Waals surface area (Å²) in [6, 6.07) is 4.93. The average Bonchev–Trinajstić information content (AvgIpc) is 2.29. The summed E-state index contributed by atoms with van der Waals surface area (Å²) in [7, 11) is 1.58. The minimum absolute atomic E-state index is 0.110. The van der Waals surface area contributed by atoms with Crippen LogP contribution in [0.5, 0.6) is 0 Å². The minimum atomic E-state index is -0.351. The molecule has 1 rings (SSSR count). The van der Waals surface area contributed by atoms with Gasteiger partial charge in [-0.15, -0.1) is 0 Å². The molecular weight excluding hydrogens is 192 g/mol. The smallest absolute Gasteiger partial charge is 0.241 e. The van der Waals surface area contributed by atoms with E-state index in [1.807, 2.05) is 6.07 Å². The highest BCUT2D eigenvalue weighted by molar-refractivity contribution is 5.83. The molecule has 0 spiro atoms. The fraction of sp³-hybridized carbons (Fsp3) is 0.300. The van der Waals surface area contributed by atoms with Gasteiger partial charge in [0.2, 0.25) is 5.91 Å². The molecule has 15 heavy (non-hydrogen) atoms. The summed E-state index contributed by atoms with van der Waals surface area (Å²) < 4.78 is 0. The van der Waals surface area contributed by atoms with Gasteiger partial charge in [-0.05, 0) is 19.1 Å². The summed E-state index contributed by atoms with van der Waals surface area (Å²) >= 11 is 0. The Balaban J connectivity index is 2.66. The lowest BCUT2D eigenvalue weighted by Gasteiger charge is -2.12. The van der Waals surface area contributed by atoms with Crippen LogP contribution in [0.15, 0.2) is 18.3 Å². The van der Waals surface area contributed by atoms with Crippen molar-refractivity contribution in [2.75, 3.05) is 12.4 Å². The Kier molecular flexibility index (Phi) is 3.63. The molecule has 0 aliphatic heterocycles. The third kappa shape index (κ3) is 2.95. The van der Waals surface area contributed by atoms with Gasteiger partial charge in [-0.1, -0.05) is 0 Å². The lowest BCUT2D eigenvalue weighted by atomic mass is 10.3. The summed E-state index contributed by atoms with van der Waals surface area (Å²) in [5.41, 5.74) is 0.494. The summed E-state index contributed by atoms with van der Waals surface area (Å²) in [6.45, 7) is 1.73. The van der Waals surface area contributed by atoms with Crippen LogP contribution in [0.4, 0.5) is 5.82 Å². The molecule has 0 fully saturated rings. The maximum absolute atomic E-state index is 11.2. The average molecular weight is 204 g/mol. The number of aromatic nitrogens is 1. The highest BCUT2D eigenvalue weighted by Gasteiger charge is 2.10. The Morgan fingerprint density at radius 3 is 2.80 bits per heavy atom. The van der Waals surface area contributed by atoms with Crippen LogP contribution < -0.4 is 10.6 Å². The zero-order valence-electron chi connectivity index (χ0n) is 8.61. The van der Waals surface area contributed by atoms with Crippen LogP contribution in [0.25, 0.3) is 0 Å². The number of carbonyl (C=O) groups excluding carboxylic acids is 1. The molecule has 5 heteroatoms. The van der Waals surface area contributed by atoms with Crippen LogP contribution in [0, 0.1) is 11.3 Å². The van der Waals surface area contributed by atoms with E-state index in [-0.39, 0.29) is 11.9 Å². The van der Waals surface area contributed by atoms with E-state index in [1.54, 1.807) is 26.1 Å². The van der Waals surface area contributed by atoms with Crippen molar-refractivity contribution in [1.29, 1.82) is 5.26 Å². The van der Waals surface area contributed by atoms with Crippen LogP contribution in [0.3, 0.4) is 0 Å². The number of hydrogen-bond acceptors (Lipinski definition) is 4. The maximum atomic E-state index is 11.2. The van der Waals surface area contributed by atoms with Gasteiger partial charge in [0, 0.05) is 13.2 Å². The molecule has 0 aromatic carbocycles. The first-order valence-corrected chi connectivity index (χ1v) is 4.51. The van der Waals surface area contributed by atoms with Crippen molar-refractivity contribution in [2.24, 2.45) is 0 Å². The Morgan fingerprint density at radius 1 is 1.60 bits per heavy atom. The highest BCUT2D eigenvalue weighted by Crippen LogP contribution is 2.05. The Bertz CT molecular complexity index is 379. The fourth-order valence-electron chi connectivity index (χ4n) is 1.05. The van der Waals surface area contributed by atoms with Gasteiger partial charge in [-0.2, -0.15) is 5.26 Å². The van der Waals surface area contributed by atoms with Crippen LogP contribution in [0.2, 0.25) is 0 Å². The number of rotatable bonds is 3. The normalized spacial score (nSPS) is 11.3. The molecule has 0 saturated carbocycles. The molecule has 1 aromatic heterocycles. The molecule has 1 aromatic rings. The highest BCUT2D eigenvalue weighted by atomic mass is 16.2. The SMILES string of the molecule is CNC(=O)C(C)Nc1ccc(C#N)cn1. The third-order valence-corrected chi connectivity index (χ3v) is 1.90. The van der Waals surface area contributed by atoms with Gasteiger partial charge < -0.3 is 10.6 Å². The molecular formula is C10H12N4O. The largest absolute Gasteiger partial charge is 0.359 e. The van der Waals surface area contributed by atoms with Gasteiger partial charge in [0.1, 0.15) is 17.9 Å². The van der Waals surface area contributed by atoms with Crippen molar-refractivity contribution in [1.82, 2.24) is 10.3 Å². The van der Waals surface area contributed by atoms with Crippen molar-refractivity contribution in [3.8, 4) is 6.07 Å². The van der Waals surface area contributed by atoms with Crippen LogP contribution in [-0.4, -0.2) is 24.0 Å². The van der Waals surface area contributed by atoms with E-state index in [0.29, 0.717) is 11.4 Å². The Morgan fingerprint density at radius 2 is 2.33 bits per heavy atom. The molecule has 1 atom stereocenters. The maximum Gasteiger partial charge on any atom is 0.241 e. The van der Waals surface area contributed by atoms with E-state index in [0.717, 1.165) is 0 Å². The number of nitriles is 1. The van der Waals surface area contributed by atoms with E-state index >= 15 is 0 Å². The number of amides is 1. The Hall–Kier alpha value is -2.09. The zero-order valence-corrected chi connectivity index (χ0v) is 8.61. The van der Waals surface area contributed by atoms with Gasteiger partial charge in [-0.25, -0.2) is 4.98 Å². The predicted molar refractivity (Wildman–Crippen MR) is 56.1 cm³/mol. The zero-order chi connectivity index (χ0) is 11.3. The summed E-state index contributed by atoms with van der Waals surface area (Å²) in [6.07, 6.45) is 1.46. The number of likely N-dealkylation sites (N-methyl/N-ethyl adjacent to an activating group) is 1. The van der Waals surface area contributed by atoms with Crippen LogP contribution >= 0.6 is 0 Å². The molecule has 1 unspecified atom stereocenters. The lowest BCUT2D eigenvalue weighted by Crippen LogP contribution is -2.35. The van der Waals surface area contributed by atoms with Crippen molar-refractivity contribution in [3.05, 3.63) is 23.9 Å². The standard InChI is InChI=1S/C10H12N4O/c1-7(10(15)12-2)14-9-4-3-8(5-11)6-13-9/h3-4,6-7H,1-2H3,(H,12,15)(H,13,14). The van der Waals surface area contributed by atoms with Crippen molar-refractivity contribution in [3.63, 3.8) is 0 Å². The lowest BCUT2D eigenvalue weighted by molar-refractivity contribution is -0.121. The van der Waals surface area contributed by atoms with Crippen molar-refractivity contribution >= 4 is 11.7 Å². The number of carbonyl (C=O) groups is 1. The second-order valence-electron chi connectivity index (χ2n) is 3.02. The number of hydrogen-bond donors (Lipinski definition) is 2. The van der Waals surface area contributed by atoms with E-state index in [4.69, 9.17) is 5.26 Å². The quantitative estimate of drug-likeness (QED) is 0.751. The molecule has 5 nitrogen and oxygen atoms in total. The van der Waals surface area contributed by atoms with Crippen molar-refractivity contribution in [2.45, 2.75) is 13.0 Å². The molecule has 1 amide bonds. The molecule has 0 saturated heterocycles. The first-order valence-electron chi connectivity index (χ1n) is 4.51. The number of nitrogens with zero attached hydrogens (tertiary/aromatic N) is 2. The number of nitrogens with one attached hydrogen (secondary N) is 2. The predicted octanol–water partition coefficient (Wildman–Crippen LogP) is 0.500. The molecule has 2 N–H and O–H groups in total. The van der Waals surface area contributed by atoms with E-state index in [1.165, 1.54) is 6.20 Å². The number of anilines is 1. The van der Waals surface area contributed by atoms with E-state index in [9.17, 15) is 4.79 Å². The van der Waals surface area contributed by atoms with Crippen LogP contribution in [0.1, 0.15) is 12.5 Å². The molecule has 0 aliphatic rings. The topological polar surface area (TPSA) is 77.8 Å². The molecule has 0 bridgehead atoms. The van der Waals surface area contributed by atoms with E-state index < -0.39 is 0 Å². The summed E-state index contributed by atoms with van der Waals surface area (Å²) in [5, 5.41) is 14.0. The van der Waals surface area contributed by atoms with Gasteiger partial charge in [0.05, 0.1) is 5.56 Å². The van der Waals surface area contributed by atoms with Gasteiger partial charge in [-0.3, -0.25) is 4.79 Å². The Labute approximate surface area is 88.1 Å². The minimum Gasteiger partial charge on any atom is -0.359 e. The third-order valence-electron chi connectivity index (χ3n) is 1.90. The van der Waals surface area contributed by atoms with E-state index in [2.05, 4.69) is 15.6 Å². The first kappa shape index (κ1) is 11.0.